The van der Waals surface area contributed by atoms with Crippen LogP contribution in [0.5, 0.6) is 0 Å². The van der Waals surface area contributed by atoms with E-state index in [4.69, 9.17) is 4.74 Å². The molecule has 2 rings (SSSR count). The zero-order chi connectivity index (χ0) is 15.2. The summed E-state index contributed by atoms with van der Waals surface area (Å²) >= 11 is 4.14. The Hall–Kier alpha value is 0.340. The third-order valence-corrected chi connectivity index (χ3v) is 7.35. The van der Waals surface area contributed by atoms with E-state index < -0.39 is 0 Å². The van der Waals surface area contributed by atoms with Crippen molar-refractivity contribution in [2.75, 3.05) is 22.4 Å². The molecule has 0 aromatic rings. The van der Waals surface area contributed by atoms with Crippen LogP contribution in [0.15, 0.2) is 15.6 Å². The van der Waals surface area contributed by atoms with Crippen molar-refractivity contribution in [3.63, 3.8) is 0 Å². The van der Waals surface area contributed by atoms with Crippen LogP contribution in [0.1, 0.15) is 26.7 Å². The number of rotatable bonds is 5. The Balaban J connectivity index is 1.93. The maximum atomic E-state index is 6.24. The molecule has 2 aliphatic heterocycles. The molecular weight excluding hydrogens is 445 g/mol. The first-order valence-electron chi connectivity index (χ1n) is 7.66. The standard InChI is InChI=1S/C15H26BrIN3O/c1-4-20(3)10-18-14-9-13(16)15(19-11(14)2)21-12-5-7-17-8-6-12/h9-12,14-15,19H,4-8H2,1-3H3/q-1. The van der Waals surface area contributed by atoms with E-state index in [0.29, 0.717) is 27.3 Å². The van der Waals surface area contributed by atoms with E-state index >= 15 is 0 Å². The Bertz CT molecular complexity index is 385. The number of halogens is 2. The van der Waals surface area contributed by atoms with Crippen LogP contribution in [-0.2, 0) is 4.74 Å². The zero-order valence-electron chi connectivity index (χ0n) is 13.1. The fourth-order valence-electron chi connectivity index (χ4n) is 2.33. The molecule has 3 atom stereocenters. The molecule has 3 unspecified atom stereocenters. The zero-order valence-corrected chi connectivity index (χ0v) is 16.8. The summed E-state index contributed by atoms with van der Waals surface area (Å²) in [6.45, 7) is 5.27. The van der Waals surface area contributed by atoms with E-state index in [2.05, 4.69) is 51.1 Å². The van der Waals surface area contributed by atoms with Crippen LogP contribution in [0.4, 0.5) is 0 Å². The molecule has 1 saturated heterocycles. The average Bonchev–Trinajstić information content (AvgIpc) is 2.50. The van der Waals surface area contributed by atoms with E-state index in [-0.39, 0.29) is 18.3 Å². The number of nitrogens with zero attached hydrogens (tertiary/aromatic N) is 2. The maximum absolute atomic E-state index is 6.24. The normalized spacial score (nSPS) is 31.8. The van der Waals surface area contributed by atoms with Crippen molar-refractivity contribution in [2.24, 2.45) is 4.99 Å². The van der Waals surface area contributed by atoms with Gasteiger partial charge in [-0.2, -0.15) is 0 Å². The number of alkyl halides is 2. The van der Waals surface area contributed by atoms with Gasteiger partial charge in [-0.15, -0.1) is 0 Å². The number of aliphatic imine (C=N–C) groups is 1. The summed E-state index contributed by atoms with van der Waals surface area (Å²) < 4.78 is 10.1. The van der Waals surface area contributed by atoms with E-state index in [1.54, 1.807) is 0 Å². The fourth-order valence-corrected chi connectivity index (χ4v) is 5.65. The predicted molar refractivity (Wildman–Crippen MR) is 87.8 cm³/mol. The van der Waals surface area contributed by atoms with Crippen molar-refractivity contribution < 1.29 is 25.9 Å². The van der Waals surface area contributed by atoms with E-state index in [1.807, 2.05) is 13.4 Å². The van der Waals surface area contributed by atoms with Gasteiger partial charge in [-0.3, -0.25) is 0 Å². The number of nitrogens with one attached hydrogen (secondary N) is 1. The molecule has 6 heteroatoms. The van der Waals surface area contributed by atoms with Gasteiger partial charge in [0.15, 0.2) is 0 Å². The van der Waals surface area contributed by atoms with Crippen LogP contribution in [-0.4, -0.2) is 58.1 Å². The molecule has 2 heterocycles. The molecule has 1 N–H and O–H groups in total. The Kier molecular flexibility index (Phi) is 7.44. The van der Waals surface area contributed by atoms with Crippen molar-refractivity contribution in [1.82, 2.24) is 10.2 Å². The summed E-state index contributed by atoms with van der Waals surface area (Å²) in [7, 11) is 2.04. The summed E-state index contributed by atoms with van der Waals surface area (Å²) in [5.74, 6) is 0. The van der Waals surface area contributed by atoms with Crippen molar-refractivity contribution in [3.05, 3.63) is 10.6 Å². The molecule has 0 aliphatic carbocycles. The van der Waals surface area contributed by atoms with Crippen LogP contribution in [0.25, 0.3) is 0 Å². The monoisotopic (exact) mass is 470 g/mol. The second-order valence-electron chi connectivity index (χ2n) is 5.62. The summed E-state index contributed by atoms with van der Waals surface area (Å²) in [5.41, 5.74) is 0. The first-order valence-corrected chi connectivity index (χ1v) is 11.5. The van der Waals surface area contributed by atoms with Crippen molar-refractivity contribution >= 4 is 22.3 Å². The van der Waals surface area contributed by atoms with Gasteiger partial charge in [-0.05, 0) is 6.92 Å². The van der Waals surface area contributed by atoms with Crippen LogP contribution >= 0.6 is 15.9 Å². The SMILES string of the molecule is CCN(C)C=NC1C=C(Br)C(OC2CC[I-]CC2)NC1C. The Labute approximate surface area is 147 Å². The number of hydrogen-bond acceptors (Lipinski definition) is 3. The summed E-state index contributed by atoms with van der Waals surface area (Å²) in [6.07, 6.45) is 7.01. The summed E-state index contributed by atoms with van der Waals surface area (Å²) in [6, 6.07) is 0.444. The minimum absolute atomic E-state index is 0.00310. The third kappa shape index (κ3) is 5.48. The van der Waals surface area contributed by atoms with Gasteiger partial charge < -0.3 is 0 Å². The van der Waals surface area contributed by atoms with Crippen LogP contribution in [0, 0.1) is 0 Å². The van der Waals surface area contributed by atoms with Gasteiger partial charge in [0.2, 0.25) is 0 Å². The topological polar surface area (TPSA) is 36.9 Å². The Morgan fingerprint density at radius 1 is 1.52 bits per heavy atom. The Morgan fingerprint density at radius 2 is 2.24 bits per heavy atom. The van der Waals surface area contributed by atoms with E-state index in [9.17, 15) is 0 Å². The Morgan fingerprint density at radius 3 is 2.90 bits per heavy atom. The van der Waals surface area contributed by atoms with Crippen LogP contribution < -0.4 is 26.5 Å². The molecule has 21 heavy (non-hydrogen) atoms. The molecule has 0 aromatic heterocycles. The van der Waals surface area contributed by atoms with Gasteiger partial charge in [0.25, 0.3) is 0 Å². The molecular formula is C15H26BrIN3O-. The minimum atomic E-state index is -0.00310. The molecule has 122 valence electrons. The van der Waals surface area contributed by atoms with Gasteiger partial charge in [-0.25, -0.2) is 0 Å². The molecule has 4 nitrogen and oxygen atoms in total. The van der Waals surface area contributed by atoms with Crippen molar-refractivity contribution in [2.45, 2.75) is 51.1 Å². The number of hydrogen-bond donors (Lipinski definition) is 1. The average molecular weight is 471 g/mol. The number of ether oxygens (including phenoxy) is 1. The van der Waals surface area contributed by atoms with Gasteiger partial charge >= 0.3 is 141 Å². The van der Waals surface area contributed by atoms with E-state index in [0.717, 1.165) is 11.0 Å². The molecule has 0 radical (unpaired) electrons. The summed E-state index contributed by atoms with van der Waals surface area (Å²) in [4.78, 5) is 6.73. The third-order valence-electron chi connectivity index (χ3n) is 3.90. The molecule has 0 bridgehead atoms. The summed E-state index contributed by atoms with van der Waals surface area (Å²) in [5, 5.41) is 3.54. The molecule has 0 spiro atoms. The van der Waals surface area contributed by atoms with Gasteiger partial charge in [0.05, 0.1) is 0 Å². The molecule has 0 saturated carbocycles. The van der Waals surface area contributed by atoms with Crippen LogP contribution in [0.2, 0.25) is 0 Å². The predicted octanol–water partition coefficient (Wildman–Crippen LogP) is -0.800. The van der Waals surface area contributed by atoms with Crippen LogP contribution in [0.3, 0.4) is 0 Å². The molecule has 2 aliphatic rings. The molecule has 0 amide bonds. The van der Waals surface area contributed by atoms with Crippen molar-refractivity contribution in [3.8, 4) is 0 Å². The molecule has 0 aromatic carbocycles. The fraction of sp³-hybridized carbons (Fsp3) is 0.800. The second kappa shape index (κ2) is 8.84. The first-order chi connectivity index (χ1) is 10.1. The van der Waals surface area contributed by atoms with Gasteiger partial charge in [-0.1, -0.05) is 0 Å². The molecule has 1 fully saturated rings. The van der Waals surface area contributed by atoms with E-state index in [1.165, 1.54) is 21.7 Å². The van der Waals surface area contributed by atoms with Crippen molar-refractivity contribution in [1.29, 1.82) is 0 Å². The first kappa shape index (κ1) is 17.7. The van der Waals surface area contributed by atoms with Gasteiger partial charge in [0, 0.05) is 0 Å². The second-order valence-corrected chi connectivity index (χ2v) is 9.77. The quantitative estimate of drug-likeness (QED) is 0.247. The van der Waals surface area contributed by atoms with Gasteiger partial charge in [0.1, 0.15) is 0 Å².